The number of aromatic nitrogens is 4. The molecule has 0 fully saturated rings. The van der Waals surface area contributed by atoms with Crippen LogP contribution in [0.4, 0.5) is 0 Å². The fourth-order valence-electron chi connectivity index (χ4n) is 6.40. The Balaban J connectivity index is 1.44. The third kappa shape index (κ3) is 13.2. The maximum absolute atomic E-state index is 13.0. The quantitative estimate of drug-likeness (QED) is 0.0325. The number of amides is 4. The van der Waals surface area contributed by atoms with E-state index in [4.69, 9.17) is 0 Å². The Morgan fingerprint density at radius 1 is 0.410 bits per heavy atom. The number of rotatable bonds is 24. The number of carbonyl (C=O) groups is 4. The SMILES string of the molecule is O=C(NCCN(CCCN(CCNC(=O)c1cc[nH]c(=O)c1CO)CCNC(=O)c1cc[nH]c(=O)c1CO)CCNC(=O)c1cc[nH]c(=O)c1CO)c1cc[nH]c(=O)c1CO. The summed E-state index contributed by atoms with van der Waals surface area (Å²) in [5.41, 5.74) is -2.73. The Morgan fingerprint density at radius 2 is 0.639 bits per heavy atom. The Bertz CT molecular complexity index is 2050. The van der Waals surface area contributed by atoms with Gasteiger partial charge in [0.1, 0.15) is 0 Å². The highest BCUT2D eigenvalue weighted by atomic mass is 16.3. The van der Waals surface area contributed by atoms with Gasteiger partial charge in [0.2, 0.25) is 0 Å². The lowest BCUT2D eigenvalue weighted by molar-refractivity contribution is 0.0932. The van der Waals surface area contributed by atoms with Crippen LogP contribution in [0.1, 0.15) is 70.1 Å². The van der Waals surface area contributed by atoms with Gasteiger partial charge in [-0.1, -0.05) is 0 Å². The predicted octanol–water partition coefficient (Wildman–Crippen LogP) is -3.58. The highest BCUT2D eigenvalue weighted by molar-refractivity contribution is 5.97. The van der Waals surface area contributed by atoms with Crippen molar-refractivity contribution >= 4 is 23.6 Å². The maximum Gasteiger partial charge on any atom is 0.254 e. The molecule has 0 saturated carbocycles. The van der Waals surface area contributed by atoms with Gasteiger partial charge in [0.25, 0.3) is 45.9 Å². The van der Waals surface area contributed by atoms with E-state index in [1.165, 1.54) is 49.1 Å². The molecule has 328 valence electrons. The summed E-state index contributed by atoms with van der Waals surface area (Å²) in [6, 6.07) is 5.50. The van der Waals surface area contributed by atoms with Gasteiger partial charge in [-0.15, -0.1) is 0 Å². The lowest BCUT2D eigenvalue weighted by atomic mass is 10.1. The van der Waals surface area contributed by atoms with Crippen LogP contribution in [0, 0.1) is 0 Å². The molecule has 4 rings (SSSR count). The number of pyridine rings is 4. The highest BCUT2D eigenvalue weighted by Gasteiger charge is 2.19. The van der Waals surface area contributed by atoms with Crippen LogP contribution in [-0.4, -0.2) is 139 Å². The molecule has 0 aliphatic heterocycles. The zero-order valence-corrected chi connectivity index (χ0v) is 33.2. The van der Waals surface area contributed by atoms with Crippen LogP contribution in [-0.2, 0) is 26.4 Å². The largest absolute Gasteiger partial charge is 0.391 e. The number of aliphatic hydroxyl groups is 4. The summed E-state index contributed by atoms with van der Waals surface area (Å²) >= 11 is 0. The van der Waals surface area contributed by atoms with Crippen LogP contribution >= 0.6 is 0 Å². The Morgan fingerprint density at radius 3 is 0.852 bits per heavy atom. The lowest BCUT2D eigenvalue weighted by Gasteiger charge is -2.26. The van der Waals surface area contributed by atoms with E-state index >= 15 is 0 Å². The number of hydrogen-bond acceptors (Lipinski definition) is 14. The van der Waals surface area contributed by atoms with Crippen molar-refractivity contribution in [1.29, 1.82) is 0 Å². The smallest absolute Gasteiger partial charge is 0.254 e. The van der Waals surface area contributed by atoms with Crippen molar-refractivity contribution in [2.24, 2.45) is 0 Å². The van der Waals surface area contributed by atoms with E-state index in [9.17, 15) is 58.8 Å². The number of nitrogens with one attached hydrogen (secondary N) is 8. The van der Waals surface area contributed by atoms with Crippen LogP contribution in [0.5, 0.6) is 0 Å². The summed E-state index contributed by atoms with van der Waals surface area (Å²) in [5.74, 6) is -2.33. The summed E-state index contributed by atoms with van der Waals surface area (Å²) in [6.45, 7) is -0.299. The second-order valence-electron chi connectivity index (χ2n) is 13.5. The molecule has 22 nitrogen and oxygen atoms in total. The number of hydrogen-bond donors (Lipinski definition) is 12. The van der Waals surface area contributed by atoms with E-state index < -0.39 is 72.3 Å². The molecule has 4 aromatic heterocycles. The molecule has 0 spiro atoms. The van der Waals surface area contributed by atoms with Crippen molar-refractivity contribution in [2.45, 2.75) is 32.8 Å². The first-order valence-electron chi connectivity index (χ1n) is 19.3. The molecular formula is C39H50N10O12. The van der Waals surface area contributed by atoms with Crippen LogP contribution in [0.25, 0.3) is 0 Å². The molecule has 4 heterocycles. The van der Waals surface area contributed by atoms with Crippen LogP contribution in [0.3, 0.4) is 0 Å². The van der Waals surface area contributed by atoms with Gasteiger partial charge in [0.15, 0.2) is 0 Å². The van der Waals surface area contributed by atoms with Gasteiger partial charge in [-0.2, -0.15) is 0 Å². The zero-order chi connectivity index (χ0) is 44.3. The molecule has 61 heavy (non-hydrogen) atoms. The molecule has 0 aliphatic rings. The van der Waals surface area contributed by atoms with Gasteiger partial charge >= 0.3 is 0 Å². The van der Waals surface area contributed by atoms with E-state index in [2.05, 4.69) is 41.2 Å². The number of aliphatic hydroxyl groups excluding tert-OH is 4. The van der Waals surface area contributed by atoms with E-state index in [0.717, 1.165) is 0 Å². The van der Waals surface area contributed by atoms with Gasteiger partial charge < -0.3 is 61.6 Å². The third-order valence-corrected chi connectivity index (χ3v) is 9.67. The fourth-order valence-corrected chi connectivity index (χ4v) is 6.40. The van der Waals surface area contributed by atoms with Crippen molar-refractivity contribution in [3.63, 3.8) is 0 Å². The normalized spacial score (nSPS) is 11.1. The van der Waals surface area contributed by atoms with Gasteiger partial charge in [-0.3, -0.25) is 48.2 Å². The van der Waals surface area contributed by atoms with Crippen LogP contribution < -0.4 is 43.5 Å². The monoisotopic (exact) mass is 850 g/mol. The fraction of sp³-hybridized carbons (Fsp3) is 0.385. The molecule has 0 unspecified atom stereocenters. The molecule has 0 radical (unpaired) electrons. The zero-order valence-electron chi connectivity index (χ0n) is 33.2. The minimum absolute atomic E-state index is 0.00993. The molecule has 12 N–H and O–H groups in total. The molecular weight excluding hydrogens is 800 g/mol. The number of aromatic amines is 4. The van der Waals surface area contributed by atoms with Gasteiger partial charge in [0, 0.05) is 77.1 Å². The molecule has 0 aliphatic carbocycles. The molecule has 4 amide bonds. The second-order valence-corrected chi connectivity index (χ2v) is 13.5. The highest BCUT2D eigenvalue weighted by Crippen LogP contribution is 2.07. The Hall–Kier alpha value is -6.56. The van der Waals surface area contributed by atoms with E-state index in [1.807, 2.05) is 9.80 Å². The molecule has 0 bridgehead atoms. The predicted molar refractivity (Wildman–Crippen MR) is 219 cm³/mol. The van der Waals surface area contributed by atoms with Crippen molar-refractivity contribution in [1.82, 2.24) is 51.0 Å². The Labute approximate surface area is 347 Å². The second kappa shape index (κ2) is 23.9. The van der Waals surface area contributed by atoms with Gasteiger partial charge in [-0.05, 0) is 43.8 Å². The molecule has 22 heteroatoms. The van der Waals surface area contributed by atoms with Crippen molar-refractivity contribution in [3.8, 4) is 0 Å². The van der Waals surface area contributed by atoms with Gasteiger partial charge in [0.05, 0.1) is 70.9 Å². The van der Waals surface area contributed by atoms with E-state index in [1.54, 1.807) is 0 Å². The Kier molecular flexibility index (Phi) is 18.5. The van der Waals surface area contributed by atoms with Crippen LogP contribution in [0.15, 0.2) is 68.2 Å². The maximum atomic E-state index is 13.0. The first-order valence-corrected chi connectivity index (χ1v) is 19.3. The van der Waals surface area contributed by atoms with Gasteiger partial charge in [-0.25, -0.2) is 0 Å². The molecule has 4 aromatic rings. The minimum Gasteiger partial charge on any atom is -0.391 e. The summed E-state index contributed by atoms with van der Waals surface area (Å²) in [5, 5.41) is 49.5. The third-order valence-electron chi connectivity index (χ3n) is 9.67. The topological polar surface area (TPSA) is 335 Å². The lowest BCUT2D eigenvalue weighted by Crippen LogP contribution is -2.43. The molecule has 0 atom stereocenters. The standard InChI is InChI=1S/C39H50N10O12/c50-20-28-24(2-6-40-36(28)58)32(54)44-10-16-48(17-11-45-33(55)25-3-7-41-37(59)29(25)21-51)14-1-15-49(18-12-46-34(56)26-4-8-42-38(60)30(26)22-52)19-13-47-35(57)27-5-9-43-39(61)31(27)23-53/h2-9,50-53H,1,10-23H2,(H,40,58)(H,41,59)(H,42,60)(H,43,61)(H,44,54)(H,45,55)(H,46,56)(H,47,57). The minimum atomic E-state index is -0.647. The van der Waals surface area contributed by atoms with E-state index in [0.29, 0.717) is 19.5 Å². The van der Waals surface area contributed by atoms with Crippen LogP contribution in [0.2, 0.25) is 0 Å². The average molecular weight is 851 g/mol. The molecule has 0 saturated heterocycles. The number of H-pyrrole nitrogens is 4. The number of nitrogens with zero attached hydrogens (tertiary/aromatic N) is 2. The first-order chi connectivity index (χ1) is 29.4. The summed E-state index contributed by atoms with van der Waals surface area (Å²) in [6.07, 6.45) is 5.66. The summed E-state index contributed by atoms with van der Waals surface area (Å²) < 4.78 is 0. The van der Waals surface area contributed by atoms with Crippen molar-refractivity contribution in [3.05, 3.63) is 135 Å². The summed E-state index contributed by atoms with van der Waals surface area (Å²) in [4.78, 5) is 114. The molecule has 0 aromatic carbocycles. The summed E-state index contributed by atoms with van der Waals surface area (Å²) in [7, 11) is 0. The van der Waals surface area contributed by atoms with Crippen molar-refractivity contribution in [2.75, 3.05) is 65.4 Å². The van der Waals surface area contributed by atoms with E-state index in [-0.39, 0.29) is 96.9 Å². The number of carbonyl (C=O) groups excluding carboxylic acids is 4. The first kappa shape index (κ1) is 47.1. The average Bonchev–Trinajstić information content (AvgIpc) is 3.25. The van der Waals surface area contributed by atoms with Crippen molar-refractivity contribution < 1.29 is 39.6 Å².